The van der Waals surface area contributed by atoms with Gasteiger partial charge in [-0.15, -0.1) is 0 Å². The van der Waals surface area contributed by atoms with Crippen molar-refractivity contribution in [1.29, 1.82) is 0 Å². The molecule has 1 amide bonds. The number of carbonyl (C=O) groups excluding carboxylic acids is 1. The van der Waals surface area contributed by atoms with Gasteiger partial charge >= 0.3 is 6.09 Å². The number of aromatic nitrogens is 3. The minimum Gasteiger partial charge on any atom is -0.494 e. The van der Waals surface area contributed by atoms with Crippen LogP contribution in [0.3, 0.4) is 0 Å². The van der Waals surface area contributed by atoms with Crippen LogP contribution in [0.25, 0.3) is 22.2 Å². The molecule has 0 saturated carbocycles. The van der Waals surface area contributed by atoms with Crippen LogP contribution < -0.4 is 20.7 Å². The van der Waals surface area contributed by atoms with Crippen LogP contribution in [0.2, 0.25) is 0 Å². The summed E-state index contributed by atoms with van der Waals surface area (Å²) in [4.78, 5) is 25.2. The molecular weight excluding hydrogens is 534 g/mol. The van der Waals surface area contributed by atoms with E-state index >= 15 is 0 Å². The van der Waals surface area contributed by atoms with Gasteiger partial charge in [0.2, 0.25) is 5.95 Å². The lowest BCUT2D eigenvalue weighted by molar-refractivity contribution is 0.0303. The second kappa shape index (κ2) is 11.8. The third-order valence-corrected chi connectivity index (χ3v) is 7.17. The smallest absolute Gasteiger partial charge is 0.410 e. The van der Waals surface area contributed by atoms with Crippen molar-refractivity contribution in [2.45, 2.75) is 39.5 Å². The van der Waals surface area contributed by atoms with Crippen molar-refractivity contribution in [3.63, 3.8) is 0 Å². The maximum Gasteiger partial charge on any atom is 0.410 e. The second-order valence-corrected chi connectivity index (χ2v) is 11.4. The zero-order valence-corrected chi connectivity index (χ0v) is 25.1. The highest BCUT2D eigenvalue weighted by atomic mass is 16.6. The largest absolute Gasteiger partial charge is 0.494 e. The molecule has 3 heterocycles. The van der Waals surface area contributed by atoms with E-state index in [9.17, 15) is 4.79 Å². The molecule has 0 radical (unpaired) electrons. The fourth-order valence-corrected chi connectivity index (χ4v) is 5.09. The summed E-state index contributed by atoms with van der Waals surface area (Å²) < 4.78 is 19.3. The number of fused-ring (bicyclic) bond motifs is 3. The number of carbonyl (C=O) groups is 1. The molecule has 11 heteroatoms. The molecule has 42 heavy (non-hydrogen) atoms. The van der Waals surface area contributed by atoms with Crippen molar-refractivity contribution in [2.75, 3.05) is 56.9 Å². The van der Waals surface area contributed by atoms with E-state index in [4.69, 9.17) is 24.9 Å². The number of hydrogen-bond acceptors (Lipinski definition) is 9. The fraction of sp³-hybridized carbons (Fsp3) is 0.387. The van der Waals surface area contributed by atoms with Gasteiger partial charge in [0.15, 0.2) is 0 Å². The summed E-state index contributed by atoms with van der Waals surface area (Å²) >= 11 is 0. The third-order valence-electron chi connectivity index (χ3n) is 7.17. The summed E-state index contributed by atoms with van der Waals surface area (Å²) in [7, 11) is 5.24. The first-order valence-corrected chi connectivity index (χ1v) is 14.0. The van der Waals surface area contributed by atoms with Crippen molar-refractivity contribution >= 4 is 40.0 Å². The Balaban J connectivity index is 1.36. The van der Waals surface area contributed by atoms with Gasteiger partial charge in [-0.25, -0.2) is 14.8 Å². The standard InChI is InChI=1S/C31H39N7O4/c1-31(2,3)42-30(39)37(5)14-13-36(4)25-18-27(40-6)23(17-21(25)32)35-29-33-12-11-22(34-29)28-20-9-7-8-10-24(20)38-15-16-41-19-26(28)38/h7-12,17-18H,13-16,19,32H2,1-6H3,(H,33,34,35). The van der Waals surface area contributed by atoms with Crippen molar-refractivity contribution < 1.29 is 19.0 Å². The molecule has 0 saturated heterocycles. The minimum absolute atomic E-state index is 0.371. The van der Waals surface area contributed by atoms with Crippen molar-refractivity contribution in [2.24, 2.45) is 0 Å². The highest BCUT2D eigenvalue weighted by molar-refractivity contribution is 5.97. The van der Waals surface area contributed by atoms with Gasteiger partial charge in [0.05, 0.1) is 48.8 Å². The lowest BCUT2D eigenvalue weighted by Crippen LogP contribution is -2.38. The SMILES string of the molecule is COc1cc(N(C)CCN(C)C(=O)OC(C)(C)C)c(N)cc1Nc1nccc(-c2c3n(c4ccccc24)CCOC3)n1. The second-order valence-electron chi connectivity index (χ2n) is 11.4. The molecule has 4 aromatic rings. The molecule has 1 aliphatic rings. The van der Waals surface area contributed by atoms with E-state index < -0.39 is 5.60 Å². The van der Waals surface area contributed by atoms with E-state index in [1.54, 1.807) is 25.3 Å². The molecular formula is C31H39N7O4. The topological polar surface area (TPSA) is 120 Å². The van der Waals surface area contributed by atoms with E-state index in [2.05, 4.69) is 33.1 Å². The van der Waals surface area contributed by atoms with Crippen LogP contribution in [0, 0.1) is 0 Å². The number of nitrogen functional groups attached to an aromatic ring is 1. The number of hydrogen-bond donors (Lipinski definition) is 2. The van der Waals surface area contributed by atoms with Gasteiger partial charge in [0.1, 0.15) is 11.4 Å². The van der Waals surface area contributed by atoms with E-state index in [1.807, 2.05) is 57.0 Å². The van der Waals surface area contributed by atoms with Crippen molar-refractivity contribution in [3.05, 3.63) is 54.4 Å². The maximum atomic E-state index is 12.3. The Bertz CT molecular complexity index is 1590. The first kappa shape index (κ1) is 29.0. The Kier molecular flexibility index (Phi) is 8.13. The minimum atomic E-state index is -0.551. The molecule has 0 atom stereocenters. The number of amides is 1. The number of nitrogens with one attached hydrogen (secondary N) is 1. The Hall–Kier alpha value is -4.51. The average molecular weight is 574 g/mol. The number of methoxy groups -OCH3 is 1. The van der Waals surface area contributed by atoms with Gasteiger partial charge in [0.25, 0.3) is 0 Å². The van der Waals surface area contributed by atoms with E-state index in [0.29, 0.717) is 49.4 Å². The number of likely N-dealkylation sites (N-methyl/N-ethyl adjacent to an activating group) is 2. The Morgan fingerprint density at radius 3 is 2.71 bits per heavy atom. The van der Waals surface area contributed by atoms with Crippen LogP contribution in [0.5, 0.6) is 5.75 Å². The predicted molar refractivity (Wildman–Crippen MR) is 165 cm³/mol. The molecule has 0 aliphatic carbocycles. The summed E-state index contributed by atoms with van der Waals surface area (Å²) in [6.45, 7) is 8.56. The van der Waals surface area contributed by atoms with E-state index in [1.165, 1.54) is 5.52 Å². The lowest BCUT2D eigenvalue weighted by Gasteiger charge is -2.28. The molecule has 0 unspecified atom stereocenters. The van der Waals surface area contributed by atoms with Crippen molar-refractivity contribution in [1.82, 2.24) is 19.4 Å². The van der Waals surface area contributed by atoms with Crippen LogP contribution >= 0.6 is 0 Å². The number of benzene rings is 2. The number of rotatable bonds is 8. The quantitative estimate of drug-likeness (QED) is 0.272. The first-order chi connectivity index (χ1) is 20.1. The summed E-state index contributed by atoms with van der Waals surface area (Å²) in [5.74, 6) is 1.01. The maximum absolute atomic E-state index is 12.3. The number of nitrogens with zero attached hydrogens (tertiary/aromatic N) is 5. The molecule has 0 fully saturated rings. The van der Waals surface area contributed by atoms with Gasteiger partial charge < -0.3 is 39.6 Å². The third kappa shape index (κ3) is 6.06. The predicted octanol–water partition coefficient (Wildman–Crippen LogP) is 5.27. The lowest BCUT2D eigenvalue weighted by atomic mass is 10.1. The van der Waals surface area contributed by atoms with Crippen LogP contribution in [-0.4, -0.2) is 72.0 Å². The van der Waals surface area contributed by atoms with Crippen LogP contribution in [0.4, 0.5) is 27.8 Å². The van der Waals surface area contributed by atoms with Gasteiger partial charge in [-0.3, -0.25) is 0 Å². The Morgan fingerprint density at radius 2 is 1.95 bits per heavy atom. The van der Waals surface area contributed by atoms with E-state index in [0.717, 1.165) is 34.6 Å². The monoisotopic (exact) mass is 573 g/mol. The van der Waals surface area contributed by atoms with Gasteiger partial charge in [-0.1, -0.05) is 18.2 Å². The zero-order valence-electron chi connectivity index (χ0n) is 25.1. The van der Waals surface area contributed by atoms with Gasteiger partial charge in [-0.05, 0) is 39.0 Å². The summed E-state index contributed by atoms with van der Waals surface area (Å²) in [5, 5.41) is 4.43. The first-order valence-electron chi connectivity index (χ1n) is 14.0. The Labute approximate surface area is 246 Å². The van der Waals surface area contributed by atoms with E-state index in [-0.39, 0.29) is 6.09 Å². The summed E-state index contributed by atoms with van der Waals surface area (Å²) in [5.41, 5.74) is 12.0. The molecule has 3 N–H and O–H groups in total. The van der Waals surface area contributed by atoms with Gasteiger partial charge in [0, 0.05) is 62.5 Å². The highest BCUT2D eigenvalue weighted by Crippen LogP contribution is 2.38. The number of para-hydroxylation sites is 1. The van der Waals surface area contributed by atoms with Crippen molar-refractivity contribution in [3.8, 4) is 17.0 Å². The fourth-order valence-electron chi connectivity index (χ4n) is 5.09. The molecule has 5 rings (SSSR count). The average Bonchev–Trinajstić information content (AvgIpc) is 3.29. The molecule has 2 aromatic carbocycles. The molecule has 2 aromatic heterocycles. The Morgan fingerprint density at radius 1 is 1.17 bits per heavy atom. The molecule has 11 nitrogen and oxygen atoms in total. The highest BCUT2D eigenvalue weighted by Gasteiger charge is 2.23. The number of ether oxygens (including phenoxy) is 3. The molecule has 222 valence electrons. The van der Waals surface area contributed by atoms with Gasteiger partial charge in [-0.2, -0.15) is 0 Å². The van der Waals surface area contributed by atoms with Crippen LogP contribution in [0.1, 0.15) is 26.5 Å². The normalized spacial score (nSPS) is 13.0. The molecule has 1 aliphatic heterocycles. The number of nitrogens with two attached hydrogens (primary N) is 1. The van der Waals surface area contributed by atoms with Crippen LogP contribution in [0.15, 0.2) is 48.7 Å². The zero-order chi connectivity index (χ0) is 30.0. The number of anilines is 4. The molecule has 0 bridgehead atoms. The summed E-state index contributed by atoms with van der Waals surface area (Å²) in [6, 6.07) is 13.9. The summed E-state index contributed by atoms with van der Waals surface area (Å²) in [6.07, 6.45) is 1.37. The van der Waals surface area contributed by atoms with Crippen LogP contribution in [-0.2, 0) is 22.6 Å². The molecule has 0 spiro atoms.